The molecule has 1 atom stereocenters. The molecule has 18 heavy (non-hydrogen) atoms. The highest BCUT2D eigenvalue weighted by atomic mass is 16.5. The van der Waals surface area contributed by atoms with Gasteiger partial charge in [-0.3, -0.25) is 15.0 Å². The molecule has 2 aliphatic rings. The monoisotopic (exact) mass is 254 g/mol. The second-order valence-corrected chi connectivity index (χ2v) is 5.52. The molecule has 1 spiro atoms. The maximum Gasteiger partial charge on any atom is 0.326 e. The molecular weight excluding hydrogens is 232 g/mol. The first-order valence-corrected chi connectivity index (χ1v) is 6.77. The molecule has 0 unspecified atom stereocenters. The largest absolute Gasteiger partial charge is 0.355 e. The summed E-state index contributed by atoms with van der Waals surface area (Å²) >= 11 is 0. The summed E-state index contributed by atoms with van der Waals surface area (Å²) < 4.78 is 5.99. The van der Waals surface area contributed by atoms with Crippen LogP contribution in [0.15, 0.2) is 0 Å². The van der Waals surface area contributed by atoms with Gasteiger partial charge >= 0.3 is 6.03 Å². The third-order valence-electron chi connectivity index (χ3n) is 3.79. The van der Waals surface area contributed by atoms with Crippen LogP contribution < -0.4 is 5.32 Å². The number of amides is 3. The van der Waals surface area contributed by atoms with Crippen LogP contribution >= 0.6 is 0 Å². The number of hydrogen-bond donors (Lipinski definition) is 1. The molecule has 5 heteroatoms. The van der Waals surface area contributed by atoms with Gasteiger partial charge in [0.2, 0.25) is 5.91 Å². The lowest BCUT2D eigenvalue weighted by Crippen LogP contribution is -2.62. The fourth-order valence-electron chi connectivity index (χ4n) is 2.91. The third kappa shape index (κ3) is 2.66. The average molecular weight is 254 g/mol. The van der Waals surface area contributed by atoms with Crippen molar-refractivity contribution in [3.63, 3.8) is 0 Å². The van der Waals surface area contributed by atoms with Crippen molar-refractivity contribution in [2.75, 3.05) is 13.2 Å². The highest BCUT2D eigenvalue weighted by molar-refractivity contribution is 5.93. The molecule has 1 aliphatic heterocycles. The Morgan fingerprint density at radius 3 is 2.56 bits per heavy atom. The van der Waals surface area contributed by atoms with Crippen LogP contribution in [0, 0.1) is 5.92 Å². The summed E-state index contributed by atoms with van der Waals surface area (Å²) in [6.45, 7) is 4.78. The maximum absolute atomic E-state index is 12.1. The van der Waals surface area contributed by atoms with E-state index >= 15 is 0 Å². The van der Waals surface area contributed by atoms with Crippen LogP contribution in [-0.2, 0) is 9.53 Å². The number of nitrogens with one attached hydrogen (secondary N) is 1. The predicted octanol–water partition coefficient (Wildman–Crippen LogP) is 1.87. The van der Waals surface area contributed by atoms with Crippen LogP contribution in [0.25, 0.3) is 0 Å². The van der Waals surface area contributed by atoms with Crippen LogP contribution in [-0.4, -0.2) is 35.7 Å². The average Bonchev–Trinajstić information content (AvgIpc) is 2.33. The molecular formula is C13H22N2O3. The van der Waals surface area contributed by atoms with E-state index in [2.05, 4.69) is 12.2 Å². The lowest BCUT2D eigenvalue weighted by atomic mass is 9.88. The standard InChI is InChI=1S/C13H22N2O3/c1-10-8-15(12(17)14-11(2)16)13(18-9-10)6-4-3-5-7-13/h10H,3-9H2,1-2H3,(H,14,16,17)/t10-/m0/s1. The number of urea groups is 1. The summed E-state index contributed by atoms with van der Waals surface area (Å²) in [7, 11) is 0. The molecule has 0 bridgehead atoms. The molecule has 1 saturated carbocycles. The summed E-state index contributed by atoms with van der Waals surface area (Å²) in [5.41, 5.74) is -0.468. The highest BCUT2D eigenvalue weighted by Crippen LogP contribution is 2.38. The van der Waals surface area contributed by atoms with Gasteiger partial charge in [-0.2, -0.15) is 0 Å². The van der Waals surface area contributed by atoms with Gasteiger partial charge in [0.05, 0.1) is 6.61 Å². The number of carbonyl (C=O) groups is 2. The van der Waals surface area contributed by atoms with Gasteiger partial charge in [-0.15, -0.1) is 0 Å². The number of imide groups is 1. The van der Waals surface area contributed by atoms with Gasteiger partial charge in [0.15, 0.2) is 0 Å². The smallest absolute Gasteiger partial charge is 0.326 e. The van der Waals surface area contributed by atoms with Crippen molar-refractivity contribution in [3.8, 4) is 0 Å². The SMILES string of the molecule is CC(=O)NC(=O)N1C[C@H](C)COC12CCCCC2. The molecule has 102 valence electrons. The van der Waals surface area contributed by atoms with E-state index in [1.165, 1.54) is 13.3 Å². The third-order valence-corrected chi connectivity index (χ3v) is 3.79. The van der Waals surface area contributed by atoms with Crippen molar-refractivity contribution in [3.05, 3.63) is 0 Å². The Hall–Kier alpha value is -1.10. The predicted molar refractivity (Wildman–Crippen MR) is 66.9 cm³/mol. The van der Waals surface area contributed by atoms with Crippen molar-refractivity contribution in [2.24, 2.45) is 5.92 Å². The lowest BCUT2D eigenvalue weighted by molar-refractivity contribution is -0.195. The maximum atomic E-state index is 12.1. The van der Waals surface area contributed by atoms with Crippen LogP contribution in [0.1, 0.15) is 46.0 Å². The van der Waals surface area contributed by atoms with Crippen molar-refractivity contribution in [2.45, 2.75) is 51.7 Å². The normalized spacial score (nSPS) is 27.0. The van der Waals surface area contributed by atoms with Crippen molar-refractivity contribution >= 4 is 11.9 Å². The Bertz CT molecular complexity index is 337. The first-order chi connectivity index (χ1) is 8.53. The number of nitrogens with zero attached hydrogens (tertiary/aromatic N) is 1. The molecule has 0 radical (unpaired) electrons. The van der Waals surface area contributed by atoms with E-state index in [-0.39, 0.29) is 11.9 Å². The first-order valence-electron chi connectivity index (χ1n) is 6.77. The molecule has 3 amide bonds. The Kier molecular flexibility index (Phi) is 3.90. The van der Waals surface area contributed by atoms with Gasteiger partial charge in [0.1, 0.15) is 5.72 Å². The van der Waals surface area contributed by atoms with Gasteiger partial charge < -0.3 is 4.74 Å². The van der Waals surface area contributed by atoms with E-state index in [4.69, 9.17) is 4.74 Å². The second kappa shape index (κ2) is 5.26. The highest BCUT2D eigenvalue weighted by Gasteiger charge is 2.45. The van der Waals surface area contributed by atoms with Gasteiger partial charge in [-0.05, 0) is 31.6 Å². The molecule has 2 rings (SSSR count). The molecule has 2 fully saturated rings. The molecule has 1 saturated heterocycles. The van der Waals surface area contributed by atoms with Gasteiger partial charge in [0, 0.05) is 13.5 Å². The van der Waals surface area contributed by atoms with Crippen LogP contribution in [0.5, 0.6) is 0 Å². The molecule has 0 aromatic heterocycles. The quantitative estimate of drug-likeness (QED) is 0.718. The minimum absolute atomic E-state index is 0.309. The lowest BCUT2D eigenvalue weighted by Gasteiger charge is -2.50. The molecule has 0 aromatic carbocycles. The number of hydrogen-bond acceptors (Lipinski definition) is 3. The fraction of sp³-hybridized carbons (Fsp3) is 0.846. The topological polar surface area (TPSA) is 58.6 Å². The minimum atomic E-state index is -0.468. The summed E-state index contributed by atoms with van der Waals surface area (Å²) in [6.07, 6.45) is 5.12. The van der Waals surface area contributed by atoms with Crippen LogP contribution in [0.3, 0.4) is 0 Å². The zero-order valence-corrected chi connectivity index (χ0v) is 11.2. The van der Waals surface area contributed by atoms with E-state index in [1.54, 1.807) is 4.90 Å². The second-order valence-electron chi connectivity index (χ2n) is 5.52. The number of rotatable bonds is 0. The van der Waals surface area contributed by atoms with E-state index in [1.807, 2.05) is 0 Å². The number of carbonyl (C=O) groups excluding carboxylic acids is 2. The van der Waals surface area contributed by atoms with Gasteiger partial charge in [-0.1, -0.05) is 13.3 Å². The van der Waals surface area contributed by atoms with Crippen molar-refractivity contribution < 1.29 is 14.3 Å². The molecule has 5 nitrogen and oxygen atoms in total. The van der Waals surface area contributed by atoms with Crippen LogP contribution in [0.4, 0.5) is 4.79 Å². The first kappa shape index (κ1) is 13.3. The zero-order chi connectivity index (χ0) is 13.2. The minimum Gasteiger partial charge on any atom is -0.355 e. The van der Waals surface area contributed by atoms with E-state index in [0.717, 1.165) is 25.7 Å². The van der Waals surface area contributed by atoms with E-state index in [9.17, 15) is 9.59 Å². The summed E-state index contributed by atoms with van der Waals surface area (Å²) in [5, 5.41) is 2.37. The van der Waals surface area contributed by atoms with E-state index in [0.29, 0.717) is 19.1 Å². The Labute approximate surface area is 108 Å². The Morgan fingerprint density at radius 1 is 1.28 bits per heavy atom. The Morgan fingerprint density at radius 2 is 1.94 bits per heavy atom. The summed E-state index contributed by atoms with van der Waals surface area (Å²) in [4.78, 5) is 24.9. The van der Waals surface area contributed by atoms with Gasteiger partial charge in [0.25, 0.3) is 0 Å². The fourth-order valence-corrected chi connectivity index (χ4v) is 2.91. The Balaban J connectivity index is 2.14. The van der Waals surface area contributed by atoms with Gasteiger partial charge in [-0.25, -0.2) is 4.79 Å². The molecule has 0 aromatic rings. The summed E-state index contributed by atoms with van der Waals surface area (Å²) in [5.74, 6) is -0.000513. The van der Waals surface area contributed by atoms with Crippen LogP contribution in [0.2, 0.25) is 0 Å². The molecule has 1 heterocycles. The zero-order valence-electron chi connectivity index (χ0n) is 11.2. The molecule has 1 aliphatic carbocycles. The number of ether oxygens (including phenoxy) is 1. The van der Waals surface area contributed by atoms with E-state index < -0.39 is 5.72 Å². The van der Waals surface area contributed by atoms with Crippen molar-refractivity contribution in [1.29, 1.82) is 0 Å². The molecule has 1 N–H and O–H groups in total. The summed E-state index contributed by atoms with van der Waals surface area (Å²) in [6, 6.07) is -0.309. The van der Waals surface area contributed by atoms with Crippen molar-refractivity contribution in [1.82, 2.24) is 10.2 Å².